The van der Waals surface area contributed by atoms with Gasteiger partial charge in [-0.3, -0.25) is 0 Å². The van der Waals surface area contributed by atoms with Crippen molar-refractivity contribution in [3.05, 3.63) is 64.9 Å². The smallest absolute Gasteiger partial charge is 0.139 e. The summed E-state index contributed by atoms with van der Waals surface area (Å²) in [6.07, 6.45) is 6.00. The fraction of sp³-hybridized carbons (Fsp3) is 0.227. The Hall–Kier alpha value is -2.70. The number of benzene rings is 1. The largest absolute Gasteiger partial charge is 0.365 e. The fourth-order valence-electron chi connectivity index (χ4n) is 3.73. The van der Waals surface area contributed by atoms with Gasteiger partial charge in [0.1, 0.15) is 22.8 Å². The first kappa shape index (κ1) is 18.3. The minimum Gasteiger partial charge on any atom is -0.365 e. The molecule has 0 bridgehead atoms. The number of nitrogens with zero attached hydrogens (tertiary/aromatic N) is 4. The van der Waals surface area contributed by atoms with Crippen LogP contribution in [0.3, 0.4) is 0 Å². The molecule has 0 aliphatic carbocycles. The van der Waals surface area contributed by atoms with E-state index in [9.17, 15) is 0 Å². The van der Waals surface area contributed by atoms with E-state index in [1.54, 1.807) is 17.7 Å². The quantitative estimate of drug-likeness (QED) is 0.453. The lowest BCUT2D eigenvalue weighted by molar-refractivity contribution is 0.931. The van der Waals surface area contributed by atoms with Crippen LogP contribution in [-0.2, 0) is 6.54 Å². The summed E-state index contributed by atoms with van der Waals surface area (Å²) >= 11 is 7.68. The number of hydrogen-bond donors (Lipinski definition) is 1. The lowest BCUT2D eigenvalue weighted by atomic mass is 10.1. The van der Waals surface area contributed by atoms with Crippen LogP contribution in [0.5, 0.6) is 0 Å². The summed E-state index contributed by atoms with van der Waals surface area (Å²) in [5.74, 6) is 1.91. The number of hydrogen-bond acceptors (Lipinski definition) is 6. The molecule has 1 saturated heterocycles. The Morgan fingerprint density at radius 1 is 1.03 bits per heavy atom. The van der Waals surface area contributed by atoms with Crippen molar-refractivity contribution in [1.29, 1.82) is 0 Å². The second kappa shape index (κ2) is 7.97. The molecule has 1 aliphatic rings. The van der Waals surface area contributed by atoms with Crippen molar-refractivity contribution in [2.24, 2.45) is 0 Å². The van der Waals surface area contributed by atoms with Gasteiger partial charge in [0.15, 0.2) is 0 Å². The zero-order valence-corrected chi connectivity index (χ0v) is 17.4. The molecule has 3 aromatic heterocycles. The highest BCUT2D eigenvalue weighted by Gasteiger charge is 2.15. The van der Waals surface area contributed by atoms with Gasteiger partial charge in [-0.05, 0) is 48.2 Å². The van der Waals surface area contributed by atoms with Crippen LogP contribution in [0, 0.1) is 0 Å². The molecule has 1 aliphatic heterocycles. The van der Waals surface area contributed by atoms with E-state index in [0.29, 0.717) is 6.54 Å². The first-order valence-corrected chi connectivity index (χ1v) is 11.0. The summed E-state index contributed by atoms with van der Waals surface area (Å²) in [7, 11) is 0. The van der Waals surface area contributed by atoms with E-state index in [1.807, 2.05) is 30.5 Å². The van der Waals surface area contributed by atoms with Crippen molar-refractivity contribution in [3.8, 4) is 11.1 Å². The summed E-state index contributed by atoms with van der Waals surface area (Å²) in [6.45, 7) is 2.87. The van der Waals surface area contributed by atoms with Crippen molar-refractivity contribution in [1.82, 2.24) is 15.0 Å². The predicted octanol–water partition coefficient (Wildman–Crippen LogP) is 5.62. The zero-order valence-electron chi connectivity index (χ0n) is 15.8. The summed E-state index contributed by atoms with van der Waals surface area (Å²) in [5, 5.41) is 7.42. The lowest BCUT2D eigenvalue weighted by Crippen LogP contribution is -2.19. The maximum absolute atomic E-state index is 6.06. The minimum absolute atomic E-state index is 0.686. The van der Waals surface area contributed by atoms with Crippen LogP contribution >= 0.6 is 22.9 Å². The average molecular weight is 422 g/mol. The van der Waals surface area contributed by atoms with E-state index in [0.717, 1.165) is 51.1 Å². The Morgan fingerprint density at radius 3 is 2.69 bits per heavy atom. The molecule has 0 atom stereocenters. The van der Waals surface area contributed by atoms with Crippen molar-refractivity contribution in [3.63, 3.8) is 0 Å². The molecule has 4 heterocycles. The molecule has 1 fully saturated rings. The second-order valence-electron chi connectivity index (χ2n) is 7.13. The molecule has 5 rings (SSSR count). The fourth-order valence-corrected chi connectivity index (χ4v) is 4.77. The third kappa shape index (κ3) is 3.78. The third-order valence-corrected chi connectivity index (χ3v) is 6.36. The zero-order chi connectivity index (χ0) is 19.6. The number of pyridine rings is 1. The van der Waals surface area contributed by atoms with Gasteiger partial charge in [0.05, 0.1) is 5.39 Å². The molecule has 0 amide bonds. The normalized spacial score (nSPS) is 13.9. The van der Waals surface area contributed by atoms with Gasteiger partial charge in [0.25, 0.3) is 0 Å². The monoisotopic (exact) mass is 421 g/mol. The Labute approximate surface area is 178 Å². The average Bonchev–Trinajstić information content (AvgIpc) is 3.44. The highest BCUT2D eigenvalue weighted by atomic mass is 35.5. The topological polar surface area (TPSA) is 53.9 Å². The first-order chi connectivity index (χ1) is 14.3. The van der Waals surface area contributed by atoms with E-state index in [1.165, 1.54) is 18.4 Å². The standard InChI is InChI=1S/C22H20ClN5S/c23-17-5-3-16(4-6-17)18-13-29-22-20(18)21(26-14-27-22)25-12-15-7-8-24-19(11-15)28-9-1-2-10-28/h3-8,11,13-14H,1-2,9-10,12H2,(H,25,26,27). The lowest BCUT2D eigenvalue weighted by Gasteiger charge is -2.17. The molecule has 0 unspecified atom stereocenters. The maximum Gasteiger partial charge on any atom is 0.139 e. The van der Waals surface area contributed by atoms with Crippen LogP contribution in [0.15, 0.2) is 54.3 Å². The Morgan fingerprint density at radius 2 is 1.86 bits per heavy atom. The number of rotatable bonds is 5. The van der Waals surface area contributed by atoms with Crippen LogP contribution in [-0.4, -0.2) is 28.0 Å². The Kier molecular flexibility index (Phi) is 5.04. The van der Waals surface area contributed by atoms with Crippen molar-refractivity contribution in [2.45, 2.75) is 19.4 Å². The number of aromatic nitrogens is 3. The Bertz CT molecular complexity index is 1140. The highest BCUT2D eigenvalue weighted by molar-refractivity contribution is 7.17. The highest BCUT2D eigenvalue weighted by Crippen LogP contribution is 2.37. The van der Waals surface area contributed by atoms with Crippen LogP contribution < -0.4 is 10.2 Å². The molecular weight excluding hydrogens is 402 g/mol. The van der Waals surface area contributed by atoms with Gasteiger partial charge >= 0.3 is 0 Å². The van der Waals surface area contributed by atoms with E-state index >= 15 is 0 Å². The summed E-state index contributed by atoms with van der Waals surface area (Å²) in [5.41, 5.74) is 3.42. The summed E-state index contributed by atoms with van der Waals surface area (Å²) in [6, 6.07) is 12.1. The predicted molar refractivity (Wildman–Crippen MR) is 121 cm³/mol. The van der Waals surface area contributed by atoms with Gasteiger partial charge in [0.2, 0.25) is 0 Å². The molecule has 0 radical (unpaired) electrons. The molecule has 1 N–H and O–H groups in total. The Balaban J connectivity index is 1.43. The van der Waals surface area contributed by atoms with E-state index in [-0.39, 0.29) is 0 Å². The molecule has 0 saturated carbocycles. The molecule has 29 heavy (non-hydrogen) atoms. The number of fused-ring (bicyclic) bond motifs is 1. The number of halogens is 1. The minimum atomic E-state index is 0.686. The van der Waals surface area contributed by atoms with Gasteiger partial charge in [-0.15, -0.1) is 11.3 Å². The molecule has 0 spiro atoms. The van der Waals surface area contributed by atoms with Crippen LogP contribution in [0.25, 0.3) is 21.3 Å². The third-order valence-electron chi connectivity index (χ3n) is 5.23. The molecular formula is C22H20ClN5S. The number of nitrogens with one attached hydrogen (secondary N) is 1. The van der Waals surface area contributed by atoms with Gasteiger partial charge in [-0.2, -0.15) is 0 Å². The van der Waals surface area contributed by atoms with Crippen LogP contribution in [0.2, 0.25) is 5.02 Å². The summed E-state index contributed by atoms with van der Waals surface area (Å²) in [4.78, 5) is 16.8. The van der Waals surface area contributed by atoms with Crippen molar-refractivity contribution in [2.75, 3.05) is 23.3 Å². The molecule has 5 nitrogen and oxygen atoms in total. The maximum atomic E-state index is 6.06. The summed E-state index contributed by atoms with van der Waals surface area (Å²) < 4.78 is 0. The molecule has 7 heteroatoms. The van der Waals surface area contributed by atoms with Crippen molar-refractivity contribution >= 4 is 44.8 Å². The van der Waals surface area contributed by atoms with Crippen LogP contribution in [0.1, 0.15) is 18.4 Å². The first-order valence-electron chi connectivity index (χ1n) is 9.70. The van der Waals surface area contributed by atoms with Gasteiger partial charge in [0, 0.05) is 41.8 Å². The number of anilines is 2. The number of thiophene rings is 1. The van der Waals surface area contributed by atoms with Gasteiger partial charge in [-0.1, -0.05) is 23.7 Å². The van der Waals surface area contributed by atoms with Gasteiger partial charge < -0.3 is 10.2 Å². The van der Waals surface area contributed by atoms with E-state index in [4.69, 9.17) is 11.6 Å². The van der Waals surface area contributed by atoms with E-state index < -0.39 is 0 Å². The van der Waals surface area contributed by atoms with Crippen molar-refractivity contribution < 1.29 is 0 Å². The molecule has 4 aromatic rings. The van der Waals surface area contributed by atoms with E-state index in [2.05, 4.69) is 42.7 Å². The second-order valence-corrected chi connectivity index (χ2v) is 8.42. The molecule has 1 aromatic carbocycles. The SMILES string of the molecule is Clc1ccc(-c2csc3ncnc(NCc4ccnc(N5CCCC5)c4)c23)cc1. The molecule has 146 valence electrons. The van der Waals surface area contributed by atoms with Crippen LogP contribution in [0.4, 0.5) is 11.6 Å². The van der Waals surface area contributed by atoms with Gasteiger partial charge in [-0.25, -0.2) is 15.0 Å².